The van der Waals surface area contributed by atoms with Gasteiger partial charge in [0.05, 0.1) is 0 Å². The summed E-state index contributed by atoms with van der Waals surface area (Å²) in [5, 5.41) is 4.08. The minimum absolute atomic E-state index is 0.0113. The lowest BCUT2D eigenvalue weighted by atomic mass is 9.80. The monoisotopic (exact) mass is 633 g/mol. The lowest BCUT2D eigenvalue weighted by Gasteiger charge is -2.25. The SMILES string of the molecule is C/C(=C/c1ccc2cccc(\C=C/C=C\C=C/C=C(\C=C(/C=C/N)C(C)(C)C)C(C)(C)C)c2c1)C(=O)c1cc2ccccc2cc1C=O. The molecule has 3 heteroatoms. The predicted octanol–water partition coefficient (Wildman–Crippen LogP) is 11.6. The van der Waals surface area contributed by atoms with E-state index in [1.54, 1.807) is 19.2 Å². The molecule has 0 aliphatic carbocycles. The molecule has 0 atom stereocenters. The number of fused-ring (bicyclic) bond motifs is 2. The van der Waals surface area contributed by atoms with Gasteiger partial charge in [-0.05, 0) is 104 Å². The summed E-state index contributed by atoms with van der Waals surface area (Å²) < 4.78 is 0. The Morgan fingerprint density at radius 1 is 0.688 bits per heavy atom. The van der Waals surface area contributed by atoms with Crippen LogP contribution in [0.3, 0.4) is 0 Å². The highest BCUT2D eigenvalue weighted by molar-refractivity contribution is 6.16. The number of allylic oxidation sites excluding steroid dienone is 11. The van der Waals surface area contributed by atoms with Crippen molar-refractivity contribution in [3.05, 3.63) is 167 Å². The first kappa shape index (κ1) is 35.6. The molecule has 4 aromatic rings. The van der Waals surface area contributed by atoms with Crippen LogP contribution in [0.1, 0.15) is 80.3 Å². The molecule has 0 aliphatic heterocycles. The third kappa shape index (κ3) is 9.17. The van der Waals surface area contributed by atoms with E-state index in [2.05, 4.69) is 96.2 Å². The summed E-state index contributed by atoms with van der Waals surface area (Å²) in [5.74, 6) is -0.156. The summed E-state index contributed by atoms with van der Waals surface area (Å²) in [6, 6.07) is 23.8. The molecule has 0 unspecified atom stereocenters. The van der Waals surface area contributed by atoms with E-state index in [1.165, 1.54) is 11.1 Å². The number of aldehydes is 1. The molecule has 0 saturated heterocycles. The molecule has 0 spiro atoms. The molecular weight excluding hydrogens is 587 g/mol. The zero-order valence-corrected chi connectivity index (χ0v) is 29.3. The molecule has 0 fully saturated rings. The van der Waals surface area contributed by atoms with Crippen molar-refractivity contribution in [1.29, 1.82) is 0 Å². The summed E-state index contributed by atoms with van der Waals surface area (Å²) in [4.78, 5) is 25.3. The first-order chi connectivity index (χ1) is 22.8. The van der Waals surface area contributed by atoms with Crippen LogP contribution in [0, 0.1) is 10.8 Å². The molecule has 48 heavy (non-hydrogen) atoms. The molecule has 0 aliphatic rings. The summed E-state index contributed by atoms with van der Waals surface area (Å²) in [5.41, 5.74) is 11.5. The van der Waals surface area contributed by atoms with Gasteiger partial charge in [-0.25, -0.2) is 0 Å². The average molecular weight is 634 g/mol. The van der Waals surface area contributed by atoms with Gasteiger partial charge in [0.2, 0.25) is 0 Å². The Labute approximate surface area is 286 Å². The minimum atomic E-state index is -0.156. The van der Waals surface area contributed by atoms with Gasteiger partial charge < -0.3 is 5.73 Å². The van der Waals surface area contributed by atoms with Gasteiger partial charge in [0.15, 0.2) is 12.1 Å². The fourth-order valence-corrected chi connectivity index (χ4v) is 5.44. The topological polar surface area (TPSA) is 60.2 Å². The van der Waals surface area contributed by atoms with Crippen molar-refractivity contribution in [2.45, 2.75) is 48.5 Å². The van der Waals surface area contributed by atoms with Crippen LogP contribution in [-0.4, -0.2) is 12.1 Å². The molecule has 4 rings (SSSR count). The van der Waals surface area contributed by atoms with Crippen molar-refractivity contribution in [2.24, 2.45) is 16.6 Å². The fourth-order valence-electron chi connectivity index (χ4n) is 5.44. The Morgan fingerprint density at radius 3 is 2.00 bits per heavy atom. The number of ketones is 1. The van der Waals surface area contributed by atoms with E-state index < -0.39 is 0 Å². The number of hydrogen-bond acceptors (Lipinski definition) is 3. The Balaban J connectivity index is 1.55. The van der Waals surface area contributed by atoms with Crippen LogP contribution in [0.15, 0.2) is 144 Å². The molecule has 0 saturated carbocycles. The second kappa shape index (κ2) is 15.5. The Morgan fingerprint density at radius 2 is 1.33 bits per heavy atom. The van der Waals surface area contributed by atoms with E-state index in [4.69, 9.17) is 5.73 Å². The van der Waals surface area contributed by atoms with Crippen LogP contribution in [0.4, 0.5) is 0 Å². The van der Waals surface area contributed by atoms with Crippen LogP contribution in [0.5, 0.6) is 0 Å². The van der Waals surface area contributed by atoms with Gasteiger partial charge in [0.25, 0.3) is 0 Å². The van der Waals surface area contributed by atoms with Gasteiger partial charge in [-0.1, -0.05) is 145 Å². The number of benzene rings is 4. The zero-order valence-electron chi connectivity index (χ0n) is 29.3. The van der Waals surface area contributed by atoms with Crippen molar-refractivity contribution < 1.29 is 9.59 Å². The van der Waals surface area contributed by atoms with Crippen molar-refractivity contribution in [3.8, 4) is 0 Å². The van der Waals surface area contributed by atoms with Crippen molar-refractivity contribution >= 4 is 45.8 Å². The maximum absolute atomic E-state index is 13.5. The number of nitrogens with two attached hydrogens (primary N) is 1. The Bertz CT molecular complexity index is 2030. The van der Waals surface area contributed by atoms with Gasteiger partial charge in [0.1, 0.15) is 0 Å². The number of rotatable bonds is 10. The maximum Gasteiger partial charge on any atom is 0.189 e. The van der Waals surface area contributed by atoms with Gasteiger partial charge in [-0.15, -0.1) is 0 Å². The second-order valence-electron chi connectivity index (χ2n) is 14.1. The molecule has 0 aromatic heterocycles. The van der Waals surface area contributed by atoms with E-state index in [1.807, 2.05) is 72.9 Å². The number of carbonyl (C=O) groups excluding carboxylic acids is 2. The second-order valence-corrected chi connectivity index (χ2v) is 14.1. The summed E-state index contributed by atoms with van der Waals surface area (Å²) in [7, 11) is 0. The highest BCUT2D eigenvalue weighted by atomic mass is 16.1. The highest BCUT2D eigenvalue weighted by Crippen LogP contribution is 2.33. The summed E-state index contributed by atoms with van der Waals surface area (Å²) in [6.07, 6.45) is 22.9. The fraction of sp³-hybridized carbons (Fsp3) is 0.200. The molecule has 244 valence electrons. The van der Waals surface area contributed by atoms with E-state index in [0.29, 0.717) is 16.7 Å². The van der Waals surface area contributed by atoms with Crippen LogP contribution in [0.25, 0.3) is 33.7 Å². The first-order valence-electron chi connectivity index (χ1n) is 16.4. The van der Waals surface area contributed by atoms with E-state index in [0.717, 1.165) is 39.0 Å². The van der Waals surface area contributed by atoms with Crippen LogP contribution in [-0.2, 0) is 0 Å². The van der Waals surface area contributed by atoms with Crippen LogP contribution >= 0.6 is 0 Å². The highest BCUT2D eigenvalue weighted by Gasteiger charge is 2.20. The molecule has 0 radical (unpaired) electrons. The number of hydrogen-bond donors (Lipinski definition) is 1. The molecule has 0 bridgehead atoms. The van der Waals surface area contributed by atoms with Gasteiger partial charge in [-0.3, -0.25) is 9.59 Å². The van der Waals surface area contributed by atoms with Crippen molar-refractivity contribution in [2.75, 3.05) is 0 Å². The minimum Gasteiger partial charge on any atom is -0.405 e. The predicted molar refractivity (Wildman–Crippen MR) is 207 cm³/mol. The van der Waals surface area contributed by atoms with Crippen molar-refractivity contribution in [3.63, 3.8) is 0 Å². The smallest absolute Gasteiger partial charge is 0.189 e. The Kier molecular flexibility index (Phi) is 11.5. The molecule has 0 amide bonds. The first-order valence-corrected chi connectivity index (χ1v) is 16.4. The molecule has 3 nitrogen and oxygen atoms in total. The van der Waals surface area contributed by atoms with Crippen LogP contribution < -0.4 is 5.73 Å². The third-order valence-electron chi connectivity index (χ3n) is 8.29. The molecule has 0 heterocycles. The van der Waals surface area contributed by atoms with E-state index in [9.17, 15) is 9.59 Å². The molecule has 2 N–H and O–H groups in total. The maximum atomic E-state index is 13.5. The lowest BCUT2D eigenvalue weighted by Crippen LogP contribution is -2.12. The van der Waals surface area contributed by atoms with E-state index >= 15 is 0 Å². The zero-order chi connectivity index (χ0) is 34.9. The largest absolute Gasteiger partial charge is 0.405 e. The van der Waals surface area contributed by atoms with Crippen LogP contribution in [0.2, 0.25) is 0 Å². The standard InChI is InChI=1S/C45H47NO2/c1-32(43(48)42-29-37-18-14-13-17-36(37)28-38(42)31-47)26-33-22-23-35-20-15-19-34(41(35)27-33)16-11-9-8-10-12-21-39(44(2,3)4)30-40(24-25-46)45(5,6)7/h8-31H,46H2,1-7H3/b9-8-,12-10-,16-11-,25-24+,32-26-,39-21+,40-30+. The summed E-state index contributed by atoms with van der Waals surface area (Å²) >= 11 is 0. The average Bonchev–Trinajstić information content (AvgIpc) is 3.04. The quantitative estimate of drug-likeness (QED) is 0.0818. The number of carbonyl (C=O) groups is 2. The summed E-state index contributed by atoms with van der Waals surface area (Å²) in [6.45, 7) is 15.0. The number of Topliss-reactive ketones (excluding diaryl/α,β-unsaturated/α-hetero) is 1. The van der Waals surface area contributed by atoms with E-state index in [-0.39, 0.29) is 16.6 Å². The van der Waals surface area contributed by atoms with Crippen molar-refractivity contribution in [1.82, 2.24) is 0 Å². The van der Waals surface area contributed by atoms with Gasteiger partial charge in [-0.2, -0.15) is 0 Å². The normalized spacial score (nSPS) is 14.0. The molecule has 4 aromatic carbocycles. The molecular formula is C45H47NO2. The lowest BCUT2D eigenvalue weighted by molar-refractivity contribution is 0.102. The Hall–Kier alpha value is -5.28. The van der Waals surface area contributed by atoms with Gasteiger partial charge >= 0.3 is 0 Å². The van der Waals surface area contributed by atoms with Gasteiger partial charge in [0, 0.05) is 11.1 Å². The third-order valence-corrected chi connectivity index (χ3v) is 8.29.